The zero-order valence-corrected chi connectivity index (χ0v) is 13.4. The Kier molecular flexibility index (Phi) is 5.09. The summed E-state index contributed by atoms with van der Waals surface area (Å²) in [5.74, 6) is 1.01. The highest BCUT2D eigenvalue weighted by Crippen LogP contribution is 2.37. The third kappa shape index (κ3) is 3.54. The number of likely N-dealkylation sites (N-methyl/N-ethyl adjacent to an activating group) is 1. The fourth-order valence-corrected chi connectivity index (χ4v) is 3.49. The van der Waals surface area contributed by atoms with Crippen LogP contribution in [0.3, 0.4) is 0 Å². The number of benzene rings is 1. The summed E-state index contributed by atoms with van der Waals surface area (Å²) >= 11 is 0. The highest BCUT2D eigenvalue weighted by Gasteiger charge is 2.39. The Morgan fingerprint density at radius 3 is 2.55 bits per heavy atom. The summed E-state index contributed by atoms with van der Waals surface area (Å²) < 4.78 is 6.27. The van der Waals surface area contributed by atoms with Crippen LogP contribution in [-0.2, 0) is 6.42 Å². The van der Waals surface area contributed by atoms with Gasteiger partial charge in [-0.05, 0) is 55.8 Å². The highest BCUT2D eigenvalue weighted by molar-refractivity contribution is 5.27. The molecule has 2 unspecified atom stereocenters. The fraction of sp³-hybridized carbons (Fsp3) is 0.667. The van der Waals surface area contributed by atoms with E-state index in [0.717, 1.165) is 18.6 Å². The Morgan fingerprint density at radius 1 is 1.25 bits per heavy atom. The molecule has 0 saturated heterocycles. The van der Waals surface area contributed by atoms with Gasteiger partial charge < -0.3 is 10.1 Å². The van der Waals surface area contributed by atoms with Crippen LogP contribution in [0, 0.1) is 5.41 Å². The Hall–Kier alpha value is -1.02. The molecule has 1 aromatic carbocycles. The molecule has 1 aromatic rings. The van der Waals surface area contributed by atoms with Crippen LogP contribution >= 0.6 is 0 Å². The lowest BCUT2D eigenvalue weighted by molar-refractivity contribution is 0.0404. The number of aryl methyl sites for hydroxylation is 1. The summed E-state index contributed by atoms with van der Waals surface area (Å²) in [6.07, 6.45) is 6.29. The molecule has 1 aliphatic rings. The summed E-state index contributed by atoms with van der Waals surface area (Å²) in [5.41, 5.74) is 1.70. The SMILES string of the molecule is CCCc1ccc(OC2CCCC(C)(C)C2NC)cc1. The van der Waals surface area contributed by atoms with Gasteiger partial charge in [0.1, 0.15) is 11.9 Å². The number of hydrogen-bond acceptors (Lipinski definition) is 2. The van der Waals surface area contributed by atoms with Gasteiger partial charge >= 0.3 is 0 Å². The summed E-state index contributed by atoms with van der Waals surface area (Å²) in [7, 11) is 2.05. The zero-order chi connectivity index (χ0) is 14.6. The van der Waals surface area contributed by atoms with Gasteiger partial charge in [-0.15, -0.1) is 0 Å². The summed E-state index contributed by atoms with van der Waals surface area (Å²) in [5, 5.41) is 3.47. The lowest BCUT2D eigenvalue weighted by atomic mass is 9.72. The largest absolute Gasteiger partial charge is 0.489 e. The third-order valence-corrected chi connectivity index (χ3v) is 4.58. The molecule has 1 aliphatic carbocycles. The van der Waals surface area contributed by atoms with E-state index >= 15 is 0 Å². The van der Waals surface area contributed by atoms with E-state index in [2.05, 4.69) is 57.4 Å². The average molecular weight is 275 g/mol. The predicted octanol–water partition coefficient (Wildman–Crippen LogP) is 4.18. The molecule has 0 aliphatic heterocycles. The monoisotopic (exact) mass is 275 g/mol. The van der Waals surface area contributed by atoms with Crippen LogP contribution in [0.15, 0.2) is 24.3 Å². The minimum Gasteiger partial charge on any atom is -0.489 e. The number of rotatable bonds is 5. The standard InChI is InChI=1S/C18H29NO/c1-5-7-14-9-11-15(12-10-14)20-16-8-6-13-18(2,3)17(16)19-4/h9-12,16-17,19H,5-8,13H2,1-4H3. The first-order valence-electron chi connectivity index (χ1n) is 7.99. The molecular formula is C18H29NO. The molecule has 1 N–H and O–H groups in total. The van der Waals surface area contributed by atoms with E-state index in [1.807, 2.05) is 0 Å². The molecule has 2 atom stereocenters. The van der Waals surface area contributed by atoms with Crippen molar-refractivity contribution >= 4 is 0 Å². The lowest BCUT2D eigenvalue weighted by Crippen LogP contribution is -2.53. The first-order valence-corrected chi connectivity index (χ1v) is 7.99. The molecule has 0 aromatic heterocycles. The molecule has 20 heavy (non-hydrogen) atoms. The molecule has 2 nitrogen and oxygen atoms in total. The van der Waals surface area contributed by atoms with Gasteiger partial charge in [0.2, 0.25) is 0 Å². The molecule has 0 heterocycles. The first kappa shape index (κ1) is 15.4. The first-order chi connectivity index (χ1) is 9.56. The van der Waals surface area contributed by atoms with Crippen LogP contribution in [0.1, 0.15) is 52.0 Å². The zero-order valence-electron chi connectivity index (χ0n) is 13.4. The van der Waals surface area contributed by atoms with E-state index < -0.39 is 0 Å². The fourth-order valence-electron chi connectivity index (χ4n) is 3.49. The quantitative estimate of drug-likeness (QED) is 0.870. The van der Waals surface area contributed by atoms with Crippen molar-refractivity contribution < 1.29 is 4.74 Å². The van der Waals surface area contributed by atoms with E-state index in [0.29, 0.717) is 11.5 Å². The van der Waals surface area contributed by atoms with Crippen LogP contribution in [0.2, 0.25) is 0 Å². The maximum absolute atomic E-state index is 6.27. The van der Waals surface area contributed by atoms with Gasteiger partial charge in [0, 0.05) is 6.04 Å². The van der Waals surface area contributed by atoms with E-state index in [4.69, 9.17) is 4.74 Å². The van der Waals surface area contributed by atoms with Crippen molar-refractivity contribution in [3.05, 3.63) is 29.8 Å². The Morgan fingerprint density at radius 2 is 1.95 bits per heavy atom. The molecular weight excluding hydrogens is 246 g/mol. The number of ether oxygens (including phenoxy) is 1. The molecule has 2 rings (SSSR count). The van der Waals surface area contributed by atoms with E-state index in [-0.39, 0.29) is 6.10 Å². The second-order valence-corrected chi connectivity index (χ2v) is 6.70. The van der Waals surface area contributed by atoms with Crippen molar-refractivity contribution in [3.63, 3.8) is 0 Å². The maximum Gasteiger partial charge on any atom is 0.119 e. The number of hydrogen-bond donors (Lipinski definition) is 1. The minimum absolute atomic E-state index is 0.278. The summed E-state index contributed by atoms with van der Waals surface area (Å²) in [4.78, 5) is 0. The van der Waals surface area contributed by atoms with Gasteiger partial charge in [0.05, 0.1) is 0 Å². The van der Waals surface area contributed by atoms with E-state index in [1.165, 1.54) is 24.8 Å². The van der Waals surface area contributed by atoms with Gasteiger partial charge in [0.15, 0.2) is 0 Å². The van der Waals surface area contributed by atoms with Crippen LogP contribution in [0.25, 0.3) is 0 Å². The van der Waals surface area contributed by atoms with Crippen LogP contribution in [0.4, 0.5) is 0 Å². The van der Waals surface area contributed by atoms with Crippen molar-refractivity contribution in [2.75, 3.05) is 7.05 Å². The second kappa shape index (κ2) is 6.62. The van der Waals surface area contributed by atoms with E-state index in [9.17, 15) is 0 Å². The molecule has 1 saturated carbocycles. The summed E-state index contributed by atoms with van der Waals surface area (Å²) in [6, 6.07) is 9.06. The molecule has 0 bridgehead atoms. The average Bonchev–Trinajstić information content (AvgIpc) is 2.41. The van der Waals surface area contributed by atoms with Crippen LogP contribution < -0.4 is 10.1 Å². The molecule has 0 radical (unpaired) electrons. The number of nitrogens with one attached hydrogen (secondary N) is 1. The van der Waals surface area contributed by atoms with Gasteiger partial charge in [-0.2, -0.15) is 0 Å². The Bertz CT molecular complexity index is 410. The predicted molar refractivity (Wildman–Crippen MR) is 85.3 cm³/mol. The van der Waals surface area contributed by atoms with Crippen molar-refractivity contribution in [1.82, 2.24) is 5.32 Å². The summed E-state index contributed by atoms with van der Waals surface area (Å²) in [6.45, 7) is 6.90. The maximum atomic E-state index is 6.27. The third-order valence-electron chi connectivity index (χ3n) is 4.58. The van der Waals surface area contributed by atoms with Crippen LogP contribution in [0.5, 0.6) is 5.75 Å². The minimum atomic E-state index is 0.278. The molecule has 0 amide bonds. The van der Waals surface area contributed by atoms with Crippen LogP contribution in [-0.4, -0.2) is 19.2 Å². The molecule has 1 fully saturated rings. The molecule has 0 spiro atoms. The normalized spacial score (nSPS) is 25.4. The Labute approximate surface area is 123 Å². The van der Waals surface area contributed by atoms with Gasteiger partial charge in [0.25, 0.3) is 0 Å². The highest BCUT2D eigenvalue weighted by atomic mass is 16.5. The van der Waals surface area contributed by atoms with Gasteiger partial charge in [-0.25, -0.2) is 0 Å². The van der Waals surface area contributed by atoms with Gasteiger partial charge in [-0.1, -0.05) is 39.3 Å². The van der Waals surface area contributed by atoms with E-state index in [1.54, 1.807) is 0 Å². The smallest absolute Gasteiger partial charge is 0.119 e. The van der Waals surface area contributed by atoms with Crippen molar-refractivity contribution in [2.24, 2.45) is 5.41 Å². The lowest BCUT2D eigenvalue weighted by Gasteiger charge is -2.43. The van der Waals surface area contributed by atoms with Crippen molar-refractivity contribution in [1.29, 1.82) is 0 Å². The van der Waals surface area contributed by atoms with Crippen molar-refractivity contribution in [2.45, 2.75) is 65.0 Å². The molecule has 112 valence electrons. The second-order valence-electron chi connectivity index (χ2n) is 6.70. The van der Waals surface area contributed by atoms with Gasteiger partial charge in [-0.3, -0.25) is 0 Å². The Balaban J connectivity index is 2.04. The topological polar surface area (TPSA) is 21.3 Å². The molecule has 2 heteroatoms. The van der Waals surface area contributed by atoms with Crippen molar-refractivity contribution in [3.8, 4) is 5.75 Å².